The van der Waals surface area contributed by atoms with Crippen molar-refractivity contribution in [3.05, 3.63) is 90.1 Å². The highest BCUT2D eigenvalue weighted by molar-refractivity contribution is 5.64. The molecule has 0 saturated heterocycles. The van der Waals surface area contributed by atoms with Crippen molar-refractivity contribution in [2.24, 2.45) is 0 Å². The summed E-state index contributed by atoms with van der Waals surface area (Å²) in [6.45, 7) is 0. The summed E-state index contributed by atoms with van der Waals surface area (Å²) in [5, 5.41) is 15.7. The fourth-order valence-electron chi connectivity index (χ4n) is 3.38. The van der Waals surface area contributed by atoms with E-state index in [2.05, 4.69) is 0 Å². The third-order valence-electron chi connectivity index (χ3n) is 5.14. The molecule has 0 aliphatic rings. The maximum Gasteiger partial charge on any atom is 0.123 e. The van der Waals surface area contributed by atoms with E-state index in [1.807, 2.05) is 83.5 Å². The highest BCUT2D eigenvalue weighted by Crippen LogP contribution is 2.31. The zero-order chi connectivity index (χ0) is 21.8. The molecule has 3 aromatic carbocycles. The Morgan fingerprint density at radius 3 is 1.71 bits per heavy atom. The number of aromatic nitrogens is 2. The van der Waals surface area contributed by atoms with E-state index in [4.69, 9.17) is 19.3 Å². The van der Waals surface area contributed by atoms with Crippen LogP contribution in [0.5, 0.6) is 17.2 Å². The summed E-state index contributed by atoms with van der Waals surface area (Å²) < 4.78 is 17.6. The zero-order valence-electron chi connectivity index (χ0n) is 17.6. The highest BCUT2D eigenvalue weighted by Gasteiger charge is 2.19. The molecule has 4 rings (SSSR count). The molecule has 0 fully saturated rings. The number of aliphatic hydroxyl groups excluding tert-OH is 1. The fourth-order valence-corrected chi connectivity index (χ4v) is 3.38. The number of ether oxygens (including phenoxy) is 3. The van der Waals surface area contributed by atoms with Crippen molar-refractivity contribution in [3.8, 4) is 34.2 Å². The minimum absolute atomic E-state index is 0.548. The molecule has 158 valence electrons. The van der Waals surface area contributed by atoms with E-state index in [1.54, 1.807) is 21.3 Å². The molecule has 0 amide bonds. The molecule has 6 heteroatoms. The number of aliphatic hydroxyl groups is 1. The maximum absolute atomic E-state index is 11.0. The summed E-state index contributed by atoms with van der Waals surface area (Å²) in [5.41, 5.74) is 3.96. The average molecular weight is 416 g/mol. The summed E-state index contributed by atoms with van der Waals surface area (Å²) in [6, 6.07) is 24.6. The monoisotopic (exact) mass is 416 g/mol. The molecule has 31 heavy (non-hydrogen) atoms. The van der Waals surface area contributed by atoms with Crippen molar-refractivity contribution in [1.82, 2.24) is 9.78 Å². The van der Waals surface area contributed by atoms with E-state index in [0.29, 0.717) is 5.69 Å². The molecule has 0 radical (unpaired) electrons. The van der Waals surface area contributed by atoms with Gasteiger partial charge in [0.1, 0.15) is 23.4 Å². The largest absolute Gasteiger partial charge is 0.497 e. The number of hydrogen-bond acceptors (Lipinski definition) is 5. The molecule has 1 aromatic heterocycles. The van der Waals surface area contributed by atoms with Crippen LogP contribution in [0.2, 0.25) is 0 Å². The van der Waals surface area contributed by atoms with Gasteiger partial charge in [-0.3, -0.25) is 0 Å². The molecule has 6 nitrogen and oxygen atoms in total. The van der Waals surface area contributed by atoms with Crippen LogP contribution < -0.4 is 14.2 Å². The Labute approximate surface area is 181 Å². The molecule has 1 N–H and O–H groups in total. The minimum atomic E-state index is -0.873. The van der Waals surface area contributed by atoms with Crippen LogP contribution in [0, 0.1) is 0 Å². The van der Waals surface area contributed by atoms with Crippen LogP contribution in [0.4, 0.5) is 0 Å². The highest BCUT2D eigenvalue weighted by atomic mass is 16.5. The third kappa shape index (κ3) is 4.25. The summed E-state index contributed by atoms with van der Waals surface area (Å²) in [6.07, 6.45) is -0.873. The van der Waals surface area contributed by atoms with Crippen LogP contribution in [0.1, 0.15) is 17.4 Å². The van der Waals surface area contributed by atoms with Gasteiger partial charge in [0.15, 0.2) is 0 Å². The number of rotatable bonds is 7. The number of nitrogens with zero attached hydrogens (tertiary/aromatic N) is 2. The van der Waals surface area contributed by atoms with Crippen molar-refractivity contribution in [2.75, 3.05) is 21.3 Å². The molecule has 1 unspecified atom stereocenters. The molecule has 0 bridgehead atoms. The Morgan fingerprint density at radius 1 is 0.710 bits per heavy atom. The SMILES string of the molecule is COc1ccc(-c2cc(C(O)c3ccc(OC)cc3)nn2-c2ccc(OC)cc2)cc1. The van der Waals surface area contributed by atoms with Crippen molar-refractivity contribution in [1.29, 1.82) is 0 Å². The first-order chi connectivity index (χ1) is 15.1. The number of benzene rings is 3. The maximum atomic E-state index is 11.0. The summed E-state index contributed by atoms with van der Waals surface area (Å²) >= 11 is 0. The lowest BCUT2D eigenvalue weighted by molar-refractivity contribution is 0.214. The van der Waals surface area contributed by atoms with E-state index in [-0.39, 0.29) is 0 Å². The first-order valence-corrected chi connectivity index (χ1v) is 9.83. The van der Waals surface area contributed by atoms with Gasteiger partial charge in [-0.2, -0.15) is 5.10 Å². The van der Waals surface area contributed by atoms with Gasteiger partial charge in [0, 0.05) is 5.56 Å². The molecule has 1 heterocycles. The number of hydrogen-bond donors (Lipinski definition) is 1. The summed E-state index contributed by atoms with van der Waals surface area (Å²) in [7, 11) is 4.89. The lowest BCUT2D eigenvalue weighted by atomic mass is 10.1. The van der Waals surface area contributed by atoms with Crippen molar-refractivity contribution < 1.29 is 19.3 Å². The van der Waals surface area contributed by atoms with E-state index in [9.17, 15) is 5.11 Å². The van der Waals surface area contributed by atoms with Gasteiger partial charge in [0.25, 0.3) is 0 Å². The lowest BCUT2D eigenvalue weighted by Crippen LogP contribution is -2.03. The molecular formula is C25H24N2O4. The standard InChI is InChI=1S/C25H24N2O4/c1-29-20-10-4-17(5-11-20)24-16-23(25(28)18-6-12-21(30-2)13-7-18)26-27(24)19-8-14-22(31-3)15-9-19/h4-16,25,28H,1-3H3. The van der Waals surface area contributed by atoms with Crippen LogP contribution in [0.15, 0.2) is 78.9 Å². The van der Waals surface area contributed by atoms with E-state index >= 15 is 0 Å². The Bertz CT molecular complexity index is 1070. The quantitative estimate of drug-likeness (QED) is 0.475. The van der Waals surface area contributed by atoms with Gasteiger partial charge in [-0.1, -0.05) is 12.1 Å². The average Bonchev–Trinajstić information content (AvgIpc) is 3.29. The Kier molecular flexibility index (Phi) is 5.91. The molecule has 0 spiro atoms. The van der Waals surface area contributed by atoms with Gasteiger partial charge >= 0.3 is 0 Å². The van der Waals surface area contributed by atoms with Gasteiger partial charge < -0.3 is 19.3 Å². The Hall–Kier alpha value is -3.77. The van der Waals surface area contributed by atoms with Crippen LogP contribution in [-0.2, 0) is 0 Å². The van der Waals surface area contributed by atoms with Crippen molar-refractivity contribution in [2.45, 2.75) is 6.10 Å². The van der Waals surface area contributed by atoms with Gasteiger partial charge in [-0.05, 0) is 72.3 Å². The topological polar surface area (TPSA) is 65.7 Å². The van der Waals surface area contributed by atoms with Crippen molar-refractivity contribution in [3.63, 3.8) is 0 Å². The van der Waals surface area contributed by atoms with Gasteiger partial charge in [0.2, 0.25) is 0 Å². The van der Waals surface area contributed by atoms with Crippen LogP contribution in [-0.4, -0.2) is 36.2 Å². The second-order valence-corrected chi connectivity index (χ2v) is 6.97. The Morgan fingerprint density at radius 2 is 1.19 bits per heavy atom. The first kappa shape index (κ1) is 20.5. The smallest absolute Gasteiger partial charge is 0.123 e. The van der Waals surface area contributed by atoms with Gasteiger partial charge in [0.05, 0.1) is 38.4 Å². The summed E-state index contributed by atoms with van der Waals surface area (Å²) in [4.78, 5) is 0. The van der Waals surface area contributed by atoms with Crippen LogP contribution in [0.3, 0.4) is 0 Å². The van der Waals surface area contributed by atoms with Crippen LogP contribution >= 0.6 is 0 Å². The second-order valence-electron chi connectivity index (χ2n) is 6.97. The molecule has 0 aliphatic heterocycles. The minimum Gasteiger partial charge on any atom is -0.497 e. The van der Waals surface area contributed by atoms with E-state index in [0.717, 1.165) is 39.8 Å². The predicted molar refractivity (Wildman–Crippen MR) is 119 cm³/mol. The number of methoxy groups -OCH3 is 3. The summed E-state index contributed by atoms with van der Waals surface area (Å²) in [5.74, 6) is 2.27. The van der Waals surface area contributed by atoms with E-state index < -0.39 is 6.10 Å². The molecule has 0 saturated carbocycles. The second kappa shape index (κ2) is 8.93. The zero-order valence-corrected chi connectivity index (χ0v) is 17.6. The predicted octanol–water partition coefficient (Wildman–Crippen LogP) is 4.65. The molecular weight excluding hydrogens is 392 g/mol. The third-order valence-corrected chi connectivity index (χ3v) is 5.14. The Balaban J connectivity index is 1.78. The van der Waals surface area contributed by atoms with Crippen molar-refractivity contribution >= 4 is 0 Å². The molecule has 1 atom stereocenters. The first-order valence-electron chi connectivity index (χ1n) is 9.83. The fraction of sp³-hybridized carbons (Fsp3) is 0.160. The molecule has 0 aliphatic carbocycles. The lowest BCUT2D eigenvalue weighted by Gasteiger charge is -2.10. The normalized spacial score (nSPS) is 11.7. The van der Waals surface area contributed by atoms with Gasteiger partial charge in [-0.15, -0.1) is 0 Å². The van der Waals surface area contributed by atoms with Crippen LogP contribution in [0.25, 0.3) is 16.9 Å². The van der Waals surface area contributed by atoms with E-state index in [1.165, 1.54) is 0 Å². The van der Waals surface area contributed by atoms with Gasteiger partial charge in [-0.25, -0.2) is 4.68 Å². The molecule has 4 aromatic rings.